The van der Waals surface area contributed by atoms with Gasteiger partial charge in [-0.1, -0.05) is 18.2 Å². The molecular weight excluding hydrogens is 286 g/mol. The van der Waals surface area contributed by atoms with Crippen molar-refractivity contribution in [3.8, 4) is 0 Å². The summed E-state index contributed by atoms with van der Waals surface area (Å²) in [5.41, 5.74) is 0.795. The fourth-order valence-corrected chi connectivity index (χ4v) is 2.88. The first-order chi connectivity index (χ1) is 10.2. The Hall–Kier alpha value is -1.46. The van der Waals surface area contributed by atoms with E-state index in [4.69, 9.17) is 9.52 Å². The van der Waals surface area contributed by atoms with Crippen LogP contribution < -0.4 is 5.32 Å². The molecule has 21 heavy (non-hydrogen) atoms. The van der Waals surface area contributed by atoms with Gasteiger partial charge in [0, 0.05) is 23.8 Å². The van der Waals surface area contributed by atoms with Crippen molar-refractivity contribution in [1.82, 2.24) is 5.32 Å². The summed E-state index contributed by atoms with van der Waals surface area (Å²) < 4.78 is 5.74. The van der Waals surface area contributed by atoms with Gasteiger partial charge in [0.15, 0.2) is 0 Å². The lowest BCUT2D eigenvalue weighted by Crippen LogP contribution is -2.39. The van der Waals surface area contributed by atoms with E-state index in [0.29, 0.717) is 12.2 Å². The van der Waals surface area contributed by atoms with E-state index in [1.807, 2.05) is 43.5 Å². The van der Waals surface area contributed by atoms with Gasteiger partial charge in [-0.05, 0) is 31.7 Å². The molecule has 0 spiro atoms. The van der Waals surface area contributed by atoms with Crippen LogP contribution in [0.15, 0.2) is 34.7 Å². The van der Waals surface area contributed by atoms with Crippen LogP contribution in [-0.4, -0.2) is 35.7 Å². The van der Waals surface area contributed by atoms with Gasteiger partial charge in [0.05, 0.1) is 5.92 Å². The van der Waals surface area contributed by atoms with Crippen molar-refractivity contribution < 1.29 is 14.3 Å². The van der Waals surface area contributed by atoms with E-state index in [9.17, 15) is 4.79 Å². The average Bonchev–Trinajstić information content (AvgIpc) is 2.90. The van der Waals surface area contributed by atoms with Gasteiger partial charge in [-0.25, -0.2) is 0 Å². The second kappa shape index (κ2) is 7.52. The Balaban J connectivity index is 2.07. The molecule has 2 rings (SSSR count). The predicted molar refractivity (Wildman–Crippen MR) is 86.6 cm³/mol. The van der Waals surface area contributed by atoms with Crippen molar-refractivity contribution in [2.45, 2.75) is 25.3 Å². The van der Waals surface area contributed by atoms with Crippen molar-refractivity contribution in [3.63, 3.8) is 0 Å². The molecule has 1 aromatic carbocycles. The summed E-state index contributed by atoms with van der Waals surface area (Å²) in [6, 6.07) is 9.62. The molecule has 2 atom stereocenters. The summed E-state index contributed by atoms with van der Waals surface area (Å²) in [4.78, 5) is 12.3. The zero-order valence-electron chi connectivity index (χ0n) is 12.3. The van der Waals surface area contributed by atoms with Gasteiger partial charge in [-0.2, -0.15) is 11.8 Å². The molecule has 1 aromatic heterocycles. The predicted octanol–water partition coefficient (Wildman–Crippen LogP) is 2.77. The van der Waals surface area contributed by atoms with Gasteiger partial charge in [-0.15, -0.1) is 0 Å². The van der Waals surface area contributed by atoms with Crippen LogP contribution >= 0.6 is 11.8 Å². The Kier molecular flexibility index (Phi) is 5.70. The van der Waals surface area contributed by atoms with Crippen LogP contribution in [0.5, 0.6) is 0 Å². The number of furan rings is 1. The normalized spacial score (nSPS) is 14.0. The van der Waals surface area contributed by atoms with Crippen LogP contribution in [0.25, 0.3) is 11.0 Å². The Morgan fingerprint density at radius 1 is 1.43 bits per heavy atom. The summed E-state index contributed by atoms with van der Waals surface area (Å²) in [5, 5.41) is 13.0. The molecular formula is C16H21NO3S. The number of benzene rings is 1. The molecule has 5 heteroatoms. The lowest BCUT2D eigenvalue weighted by Gasteiger charge is -2.18. The van der Waals surface area contributed by atoms with Crippen molar-refractivity contribution in [2.75, 3.05) is 18.6 Å². The third-order valence-corrected chi connectivity index (χ3v) is 4.19. The number of hydrogen-bond acceptors (Lipinski definition) is 4. The minimum absolute atomic E-state index is 0.00988. The minimum Gasteiger partial charge on any atom is -0.460 e. The van der Waals surface area contributed by atoms with Crippen molar-refractivity contribution in [2.24, 2.45) is 0 Å². The van der Waals surface area contributed by atoms with Crippen LogP contribution in [0.3, 0.4) is 0 Å². The standard InChI is InChI=1S/C16H21NO3S/c1-11(16(19)17-13(7-8-18)10-21-2)15-9-12-5-3-4-6-14(12)20-15/h3-6,9,11,13,18H,7-8,10H2,1-2H3,(H,17,19). The Bertz CT molecular complexity index is 557. The molecule has 0 saturated carbocycles. The maximum absolute atomic E-state index is 12.3. The van der Waals surface area contributed by atoms with E-state index >= 15 is 0 Å². The molecule has 0 aliphatic rings. The number of amides is 1. The highest BCUT2D eigenvalue weighted by Gasteiger charge is 2.21. The lowest BCUT2D eigenvalue weighted by molar-refractivity contribution is -0.123. The topological polar surface area (TPSA) is 62.5 Å². The van der Waals surface area contributed by atoms with Crippen LogP contribution in [-0.2, 0) is 4.79 Å². The molecule has 0 fully saturated rings. The molecule has 0 aliphatic carbocycles. The summed E-state index contributed by atoms with van der Waals surface area (Å²) in [5.74, 6) is 1.04. The third-order valence-electron chi connectivity index (χ3n) is 3.46. The first-order valence-corrected chi connectivity index (χ1v) is 8.43. The number of aliphatic hydroxyl groups excluding tert-OH is 1. The molecule has 4 nitrogen and oxygen atoms in total. The van der Waals surface area contributed by atoms with Crippen molar-refractivity contribution in [3.05, 3.63) is 36.1 Å². The smallest absolute Gasteiger partial charge is 0.230 e. The molecule has 114 valence electrons. The molecule has 1 amide bonds. The lowest BCUT2D eigenvalue weighted by atomic mass is 10.1. The second-order valence-electron chi connectivity index (χ2n) is 5.08. The largest absolute Gasteiger partial charge is 0.460 e. The highest BCUT2D eigenvalue weighted by atomic mass is 32.2. The number of fused-ring (bicyclic) bond motifs is 1. The van der Waals surface area contributed by atoms with Gasteiger partial charge < -0.3 is 14.8 Å². The fourth-order valence-electron chi connectivity index (χ4n) is 2.23. The summed E-state index contributed by atoms with van der Waals surface area (Å²) >= 11 is 1.65. The van der Waals surface area contributed by atoms with E-state index in [-0.39, 0.29) is 24.5 Å². The van der Waals surface area contributed by atoms with E-state index in [1.165, 1.54) is 0 Å². The highest BCUT2D eigenvalue weighted by molar-refractivity contribution is 7.98. The molecule has 0 aliphatic heterocycles. The molecule has 1 heterocycles. The number of nitrogens with one attached hydrogen (secondary N) is 1. The number of hydrogen-bond donors (Lipinski definition) is 2. The highest BCUT2D eigenvalue weighted by Crippen LogP contribution is 2.25. The number of rotatable bonds is 7. The van der Waals surface area contributed by atoms with E-state index in [1.54, 1.807) is 11.8 Å². The van der Waals surface area contributed by atoms with Crippen LogP contribution in [0, 0.1) is 0 Å². The maximum atomic E-state index is 12.3. The molecule has 2 N–H and O–H groups in total. The first-order valence-electron chi connectivity index (χ1n) is 7.04. The van der Waals surface area contributed by atoms with Gasteiger partial charge in [0.25, 0.3) is 0 Å². The molecule has 0 radical (unpaired) electrons. The van der Waals surface area contributed by atoms with Gasteiger partial charge in [0.1, 0.15) is 11.3 Å². The minimum atomic E-state index is -0.347. The number of carbonyl (C=O) groups is 1. The summed E-state index contributed by atoms with van der Waals surface area (Å²) in [6.45, 7) is 1.91. The van der Waals surface area contributed by atoms with Gasteiger partial charge in [-0.3, -0.25) is 4.79 Å². The van der Waals surface area contributed by atoms with Gasteiger partial charge in [0.2, 0.25) is 5.91 Å². The van der Waals surface area contributed by atoms with E-state index < -0.39 is 0 Å². The number of thioether (sulfide) groups is 1. The SMILES string of the molecule is CSCC(CCO)NC(=O)C(C)c1cc2ccccc2o1. The Morgan fingerprint density at radius 3 is 2.86 bits per heavy atom. The zero-order chi connectivity index (χ0) is 15.2. The monoisotopic (exact) mass is 307 g/mol. The Labute approximate surface area is 128 Å². The summed E-state index contributed by atoms with van der Waals surface area (Å²) in [6.07, 6.45) is 2.55. The van der Waals surface area contributed by atoms with Gasteiger partial charge >= 0.3 is 0 Å². The second-order valence-corrected chi connectivity index (χ2v) is 5.99. The van der Waals surface area contributed by atoms with E-state index in [2.05, 4.69) is 5.32 Å². The van der Waals surface area contributed by atoms with E-state index in [0.717, 1.165) is 16.7 Å². The molecule has 2 unspecified atom stereocenters. The van der Waals surface area contributed by atoms with Crippen LogP contribution in [0.2, 0.25) is 0 Å². The Morgan fingerprint density at radius 2 is 2.19 bits per heavy atom. The van der Waals surface area contributed by atoms with Crippen LogP contribution in [0.4, 0.5) is 0 Å². The molecule has 0 bridgehead atoms. The molecule has 2 aromatic rings. The quantitative estimate of drug-likeness (QED) is 0.825. The van der Waals surface area contributed by atoms with Crippen molar-refractivity contribution in [1.29, 1.82) is 0 Å². The third kappa shape index (κ3) is 4.02. The number of carbonyl (C=O) groups excluding carboxylic acids is 1. The van der Waals surface area contributed by atoms with Crippen molar-refractivity contribution >= 4 is 28.6 Å². The first kappa shape index (κ1) is 15.9. The number of aliphatic hydroxyl groups is 1. The maximum Gasteiger partial charge on any atom is 0.230 e. The van der Waals surface area contributed by atoms with Crippen LogP contribution in [0.1, 0.15) is 25.0 Å². The fraction of sp³-hybridized carbons (Fsp3) is 0.438. The molecule has 0 saturated heterocycles. The summed E-state index contributed by atoms with van der Waals surface area (Å²) in [7, 11) is 0. The zero-order valence-corrected chi connectivity index (χ0v) is 13.2. The average molecular weight is 307 g/mol. The number of para-hydroxylation sites is 1.